The quantitative estimate of drug-likeness (QED) is 0.645. The van der Waals surface area contributed by atoms with E-state index in [1.165, 1.54) is 16.8 Å². The standard InChI is InChI=1S/C25H29FN4O/c1-14-6-4-7-18(23(14)26)15(2)27-25-21-12-22(30-11-10-17(31)13-30)19-8-5-9-20(19)24(21)28-16(3)29-25/h4,6-7,12,15,17,31H,5,8-11,13H2,1-3H3,(H,27,28,29)/t15-,17-/m1/s1. The van der Waals surface area contributed by atoms with Crippen LogP contribution in [0.25, 0.3) is 10.9 Å². The smallest absolute Gasteiger partial charge is 0.138 e. The minimum atomic E-state index is -0.274. The number of aliphatic hydroxyl groups excluding tert-OH is 1. The molecule has 5 nitrogen and oxygen atoms in total. The summed E-state index contributed by atoms with van der Waals surface area (Å²) in [5, 5.41) is 14.5. The predicted octanol–water partition coefficient (Wildman–Crippen LogP) is 4.62. The van der Waals surface area contributed by atoms with Gasteiger partial charge in [0.2, 0.25) is 0 Å². The predicted molar refractivity (Wildman–Crippen MR) is 122 cm³/mol. The largest absolute Gasteiger partial charge is 0.391 e. The van der Waals surface area contributed by atoms with E-state index in [1.807, 2.05) is 26.0 Å². The summed E-state index contributed by atoms with van der Waals surface area (Å²) in [6, 6.07) is 7.45. The van der Waals surface area contributed by atoms with Crippen molar-refractivity contribution in [3.63, 3.8) is 0 Å². The molecule has 1 fully saturated rings. The topological polar surface area (TPSA) is 61.3 Å². The molecule has 2 heterocycles. The number of halogens is 1. The van der Waals surface area contributed by atoms with Crippen LogP contribution in [0.2, 0.25) is 0 Å². The van der Waals surface area contributed by atoms with E-state index in [0.29, 0.717) is 23.5 Å². The molecular weight excluding hydrogens is 391 g/mol. The van der Waals surface area contributed by atoms with Gasteiger partial charge in [-0.05, 0) is 69.2 Å². The third kappa shape index (κ3) is 3.53. The average Bonchev–Trinajstić information content (AvgIpc) is 3.39. The van der Waals surface area contributed by atoms with Gasteiger partial charge in [-0.25, -0.2) is 14.4 Å². The fraction of sp³-hybridized carbons (Fsp3) is 0.440. The van der Waals surface area contributed by atoms with Crippen LogP contribution in [0.3, 0.4) is 0 Å². The molecular formula is C25H29FN4O. The first kappa shape index (κ1) is 20.2. The Hall–Kier alpha value is -2.73. The molecule has 6 heteroatoms. The number of fused-ring (bicyclic) bond motifs is 3. The van der Waals surface area contributed by atoms with E-state index < -0.39 is 0 Å². The fourth-order valence-corrected chi connectivity index (χ4v) is 5.10. The molecule has 0 radical (unpaired) electrons. The molecule has 2 aromatic carbocycles. The summed E-state index contributed by atoms with van der Waals surface area (Å²) >= 11 is 0. The molecule has 0 amide bonds. The maximum absolute atomic E-state index is 14.7. The fourth-order valence-electron chi connectivity index (χ4n) is 5.10. The van der Waals surface area contributed by atoms with E-state index in [9.17, 15) is 9.50 Å². The number of hydrogen-bond acceptors (Lipinski definition) is 5. The second-order valence-corrected chi connectivity index (χ2v) is 8.95. The number of benzene rings is 2. The molecule has 0 unspecified atom stereocenters. The number of anilines is 2. The highest BCUT2D eigenvalue weighted by Crippen LogP contribution is 2.40. The third-order valence-electron chi connectivity index (χ3n) is 6.70. The molecule has 1 aromatic heterocycles. The van der Waals surface area contributed by atoms with Crippen LogP contribution in [0, 0.1) is 19.7 Å². The summed E-state index contributed by atoms with van der Waals surface area (Å²) in [7, 11) is 0. The van der Waals surface area contributed by atoms with Crippen LogP contribution in [0.5, 0.6) is 0 Å². The number of rotatable bonds is 4. The molecule has 0 bridgehead atoms. The van der Waals surface area contributed by atoms with Crippen LogP contribution >= 0.6 is 0 Å². The molecule has 5 rings (SSSR count). The molecule has 1 aliphatic heterocycles. The van der Waals surface area contributed by atoms with E-state index in [1.54, 1.807) is 13.0 Å². The van der Waals surface area contributed by atoms with Crippen molar-refractivity contribution in [2.24, 2.45) is 0 Å². The summed E-state index contributed by atoms with van der Waals surface area (Å²) < 4.78 is 14.7. The van der Waals surface area contributed by atoms with Crippen molar-refractivity contribution in [3.8, 4) is 0 Å². The van der Waals surface area contributed by atoms with Gasteiger partial charge in [0, 0.05) is 29.7 Å². The Morgan fingerprint density at radius 3 is 2.77 bits per heavy atom. The molecule has 162 valence electrons. The lowest BCUT2D eigenvalue weighted by molar-refractivity contribution is 0.198. The highest BCUT2D eigenvalue weighted by Gasteiger charge is 2.28. The second-order valence-electron chi connectivity index (χ2n) is 8.95. The first-order valence-corrected chi connectivity index (χ1v) is 11.2. The molecule has 1 aliphatic carbocycles. The first-order valence-electron chi connectivity index (χ1n) is 11.2. The Morgan fingerprint density at radius 1 is 1.19 bits per heavy atom. The lowest BCUT2D eigenvalue weighted by Gasteiger charge is -2.24. The van der Waals surface area contributed by atoms with Gasteiger partial charge in [-0.2, -0.15) is 0 Å². The summed E-state index contributed by atoms with van der Waals surface area (Å²) in [5.74, 6) is 1.28. The Bertz CT molecular complexity index is 1160. The van der Waals surface area contributed by atoms with Crippen molar-refractivity contribution in [3.05, 3.63) is 58.2 Å². The zero-order chi connectivity index (χ0) is 21.7. The highest BCUT2D eigenvalue weighted by atomic mass is 19.1. The van der Waals surface area contributed by atoms with Crippen LogP contribution in [0.4, 0.5) is 15.9 Å². The highest BCUT2D eigenvalue weighted by molar-refractivity contribution is 5.96. The van der Waals surface area contributed by atoms with Gasteiger partial charge < -0.3 is 15.3 Å². The number of nitrogens with zero attached hydrogens (tertiary/aromatic N) is 3. The van der Waals surface area contributed by atoms with Crippen molar-refractivity contribution in [2.45, 2.75) is 58.6 Å². The van der Waals surface area contributed by atoms with Crippen LogP contribution in [0.15, 0.2) is 24.3 Å². The van der Waals surface area contributed by atoms with Gasteiger partial charge in [0.15, 0.2) is 0 Å². The van der Waals surface area contributed by atoms with E-state index in [2.05, 4.69) is 16.3 Å². The number of aliphatic hydroxyl groups is 1. The Kier molecular flexibility index (Phi) is 5.05. The van der Waals surface area contributed by atoms with Gasteiger partial charge in [0.25, 0.3) is 0 Å². The summed E-state index contributed by atoms with van der Waals surface area (Å²) in [4.78, 5) is 11.8. The first-order chi connectivity index (χ1) is 14.9. The summed E-state index contributed by atoms with van der Waals surface area (Å²) in [5.41, 5.74) is 6.14. The minimum Gasteiger partial charge on any atom is -0.391 e. The number of nitrogens with one attached hydrogen (secondary N) is 1. The lowest BCUT2D eigenvalue weighted by Crippen LogP contribution is -2.22. The van der Waals surface area contributed by atoms with Crippen molar-refractivity contribution >= 4 is 22.4 Å². The van der Waals surface area contributed by atoms with Gasteiger partial charge in [-0.3, -0.25) is 0 Å². The molecule has 0 saturated carbocycles. The summed E-state index contributed by atoms with van der Waals surface area (Å²) in [6.45, 7) is 7.19. The number of hydrogen-bond donors (Lipinski definition) is 2. The molecule has 3 aromatic rings. The van der Waals surface area contributed by atoms with E-state index in [-0.39, 0.29) is 18.0 Å². The van der Waals surface area contributed by atoms with Crippen molar-refractivity contribution in [2.75, 3.05) is 23.3 Å². The molecule has 2 aliphatic rings. The molecule has 0 spiro atoms. The maximum Gasteiger partial charge on any atom is 0.138 e. The van der Waals surface area contributed by atoms with Crippen LogP contribution < -0.4 is 10.2 Å². The van der Waals surface area contributed by atoms with E-state index in [4.69, 9.17) is 9.97 Å². The molecule has 1 saturated heterocycles. The average molecular weight is 421 g/mol. The maximum atomic E-state index is 14.7. The van der Waals surface area contributed by atoms with E-state index in [0.717, 1.165) is 48.9 Å². The monoisotopic (exact) mass is 420 g/mol. The molecule has 2 N–H and O–H groups in total. The van der Waals surface area contributed by atoms with Crippen LogP contribution in [-0.2, 0) is 12.8 Å². The lowest BCUT2D eigenvalue weighted by atomic mass is 10.0. The Labute approximate surface area is 182 Å². The van der Waals surface area contributed by atoms with Crippen molar-refractivity contribution in [1.82, 2.24) is 9.97 Å². The molecule has 31 heavy (non-hydrogen) atoms. The number of β-amino-alcohol motifs (C(OH)–C–C–N with tert-alkyl or cyclic N) is 1. The van der Waals surface area contributed by atoms with E-state index >= 15 is 0 Å². The SMILES string of the molecule is Cc1nc(N[C@H](C)c2cccc(C)c2F)c2cc(N3CC[C@@H](O)C3)c3c(c2n1)CCC3. The number of aromatic nitrogens is 2. The zero-order valence-electron chi connectivity index (χ0n) is 18.4. The Morgan fingerprint density at radius 2 is 2.00 bits per heavy atom. The Balaban J connectivity index is 1.62. The van der Waals surface area contributed by atoms with Gasteiger partial charge >= 0.3 is 0 Å². The summed E-state index contributed by atoms with van der Waals surface area (Å²) in [6.07, 6.45) is 3.70. The second kappa shape index (κ2) is 7.75. The normalized spacial score (nSPS) is 19.1. The van der Waals surface area contributed by atoms with Gasteiger partial charge in [-0.15, -0.1) is 0 Å². The van der Waals surface area contributed by atoms with Crippen LogP contribution in [-0.4, -0.2) is 34.3 Å². The number of aryl methyl sites for hydroxylation is 3. The molecule has 2 atom stereocenters. The van der Waals surface area contributed by atoms with Crippen LogP contribution in [0.1, 0.15) is 53.9 Å². The van der Waals surface area contributed by atoms with Gasteiger partial charge in [-0.1, -0.05) is 18.2 Å². The minimum absolute atomic E-state index is 0.176. The zero-order valence-corrected chi connectivity index (χ0v) is 18.4. The van der Waals surface area contributed by atoms with Gasteiger partial charge in [0.05, 0.1) is 17.7 Å². The van der Waals surface area contributed by atoms with Crippen molar-refractivity contribution < 1.29 is 9.50 Å². The van der Waals surface area contributed by atoms with Gasteiger partial charge in [0.1, 0.15) is 17.5 Å². The van der Waals surface area contributed by atoms with Crippen molar-refractivity contribution in [1.29, 1.82) is 0 Å². The third-order valence-corrected chi connectivity index (χ3v) is 6.70.